The van der Waals surface area contributed by atoms with Gasteiger partial charge in [0.1, 0.15) is 5.76 Å². The number of ether oxygens (including phenoxy) is 2. The Morgan fingerprint density at radius 3 is 2.96 bits per heavy atom. The largest absolute Gasteiger partial charge is 0.469 e. The second-order valence-electron chi connectivity index (χ2n) is 6.49. The van der Waals surface area contributed by atoms with Crippen LogP contribution in [0.3, 0.4) is 0 Å². The number of carbonyl (C=O) groups is 1. The van der Waals surface area contributed by atoms with E-state index in [1.54, 1.807) is 12.3 Å². The molecular formula is C20H20N2O5. The topological polar surface area (TPSA) is 86.7 Å². The first-order valence-electron chi connectivity index (χ1n) is 8.85. The van der Waals surface area contributed by atoms with Gasteiger partial charge in [-0.3, -0.25) is 4.79 Å². The summed E-state index contributed by atoms with van der Waals surface area (Å²) in [6.07, 6.45) is 2.99. The fraction of sp³-hybridized carbons (Fsp3) is 0.300. The van der Waals surface area contributed by atoms with Gasteiger partial charge in [0.2, 0.25) is 12.6 Å². The molecule has 1 aromatic carbocycles. The summed E-state index contributed by atoms with van der Waals surface area (Å²) in [7, 11) is 0. The first-order chi connectivity index (χ1) is 13.2. The molecule has 0 bridgehead atoms. The molecule has 140 valence electrons. The second kappa shape index (κ2) is 7.57. The van der Waals surface area contributed by atoms with Gasteiger partial charge in [-0.2, -0.15) is 0 Å². The normalized spacial score (nSPS) is 13.5. The Bertz CT molecular complexity index is 916. The van der Waals surface area contributed by atoms with Gasteiger partial charge in [0, 0.05) is 24.9 Å². The molecule has 1 aliphatic rings. The first kappa shape index (κ1) is 17.2. The zero-order valence-electron chi connectivity index (χ0n) is 14.9. The smallest absolute Gasteiger partial charge is 0.289 e. The first-order valence-corrected chi connectivity index (χ1v) is 8.85. The van der Waals surface area contributed by atoms with Crippen LogP contribution in [0.15, 0.2) is 51.6 Å². The molecule has 4 rings (SSSR count). The number of amides is 1. The van der Waals surface area contributed by atoms with Crippen LogP contribution in [0, 0.1) is 0 Å². The van der Waals surface area contributed by atoms with Gasteiger partial charge in [0.05, 0.1) is 12.0 Å². The van der Waals surface area contributed by atoms with Crippen molar-refractivity contribution in [1.29, 1.82) is 0 Å². The van der Waals surface area contributed by atoms with Crippen LogP contribution in [0.4, 0.5) is 0 Å². The number of nitrogens with zero attached hydrogens (tertiary/aromatic N) is 1. The Morgan fingerprint density at radius 1 is 1.22 bits per heavy atom. The maximum atomic E-state index is 12.2. The molecule has 7 heteroatoms. The molecule has 3 aromatic rings. The molecule has 7 nitrogen and oxygen atoms in total. The van der Waals surface area contributed by atoms with Crippen molar-refractivity contribution in [3.8, 4) is 11.5 Å². The van der Waals surface area contributed by atoms with Crippen LogP contribution in [0.25, 0.3) is 0 Å². The summed E-state index contributed by atoms with van der Waals surface area (Å²) in [6.45, 7) is 2.77. The molecule has 0 saturated heterocycles. The summed E-state index contributed by atoms with van der Waals surface area (Å²) in [5.41, 5.74) is 1.85. The van der Waals surface area contributed by atoms with Crippen molar-refractivity contribution in [2.24, 2.45) is 0 Å². The lowest BCUT2D eigenvalue weighted by Gasteiger charge is -2.08. The summed E-state index contributed by atoms with van der Waals surface area (Å²) in [5.74, 6) is 2.38. The van der Waals surface area contributed by atoms with E-state index in [0.717, 1.165) is 34.9 Å². The van der Waals surface area contributed by atoms with E-state index in [9.17, 15) is 4.79 Å². The van der Waals surface area contributed by atoms with Crippen molar-refractivity contribution in [3.63, 3.8) is 0 Å². The summed E-state index contributed by atoms with van der Waals surface area (Å²) in [6, 6.07) is 11.3. The van der Waals surface area contributed by atoms with Crippen molar-refractivity contribution in [2.75, 3.05) is 13.3 Å². The molecule has 2 aromatic heterocycles. The zero-order valence-corrected chi connectivity index (χ0v) is 14.9. The lowest BCUT2D eigenvalue weighted by molar-refractivity contribution is 0.0916. The predicted molar refractivity (Wildman–Crippen MR) is 95.9 cm³/mol. The molecule has 0 fully saturated rings. The van der Waals surface area contributed by atoms with Crippen LogP contribution >= 0.6 is 0 Å². The van der Waals surface area contributed by atoms with Crippen molar-refractivity contribution in [2.45, 2.75) is 25.7 Å². The number of hydrogen-bond acceptors (Lipinski definition) is 6. The molecule has 1 amide bonds. The molecule has 1 unspecified atom stereocenters. The number of benzene rings is 1. The van der Waals surface area contributed by atoms with Crippen LogP contribution in [-0.4, -0.2) is 24.4 Å². The molecule has 0 spiro atoms. The van der Waals surface area contributed by atoms with Gasteiger partial charge in [0.15, 0.2) is 11.5 Å². The van der Waals surface area contributed by atoms with E-state index in [-0.39, 0.29) is 24.4 Å². The highest BCUT2D eigenvalue weighted by atomic mass is 16.7. The maximum absolute atomic E-state index is 12.2. The highest BCUT2D eigenvalue weighted by Gasteiger charge is 2.19. The molecule has 0 aliphatic carbocycles. The van der Waals surface area contributed by atoms with Gasteiger partial charge in [0.25, 0.3) is 5.91 Å². The maximum Gasteiger partial charge on any atom is 0.289 e. The molecule has 27 heavy (non-hydrogen) atoms. The van der Waals surface area contributed by atoms with Crippen LogP contribution in [0.5, 0.6) is 11.5 Å². The van der Waals surface area contributed by atoms with Crippen molar-refractivity contribution in [1.82, 2.24) is 10.5 Å². The minimum atomic E-state index is -0.282. The third-order valence-corrected chi connectivity index (χ3v) is 4.47. The number of aromatic nitrogens is 1. The van der Waals surface area contributed by atoms with E-state index >= 15 is 0 Å². The van der Waals surface area contributed by atoms with Gasteiger partial charge < -0.3 is 23.7 Å². The molecule has 3 heterocycles. The summed E-state index contributed by atoms with van der Waals surface area (Å²) >= 11 is 0. The molecular weight excluding hydrogens is 348 g/mol. The number of fused-ring (bicyclic) bond motifs is 1. The third kappa shape index (κ3) is 3.97. The number of furan rings is 1. The molecule has 1 atom stereocenters. The number of hydrogen-bond donors (Lipinski definition) is 1. The lowest BCUT2D eigenvalue weighted by atomic mass is 9.97. The van der Waals surface area contributed by atoms with Crippen LogP contribution < -0.4 is 14.8 Å². The molecule has 0 saturated carbocycles. The minimum absolute atomic E-state index is 0.0961. The Hall–Kier alpha value is -3.22. The Morgan fingerprint density at radius 2 is 2.11 bits per heavy atom. The Labute approximate surface area is 156 Å². The van der Waals surface area contributed by atoms with E-state index in [2.05, 4.69) is 10.5 Å². The monoisotopic (exact) mass is 368 g/mol. The highest BCUT2D eigenvalue weighted by molar-refractivity contribution is 5.91. The van der Waals surface area contributed by atoms with Gasteiger partial charge in [-0.05, 0) is 36.2 Å². The van der Waals surface area contributed by atoms with Crippen molar-refractivity contribution < 1.29 is 23.2 Å². The minimum Gasteiger partial charge on any atom is -0.469 e. The van der Waals surface area contributed by atoms with E-state index in [1.807, 2.05) is 37.3 Å². The highest BCUT2D eigenvalue weighted by Crippen LogP contribution is 2.33. The standard InChI is InChI=1S/C20H20N2O5/c1-13(9-14-4-5-17-18(10-14)26-12-25-17)16-11-19(27-22-16)20(23)21-7-6-15-3-2-8-24-15/h2-5,8,10-11,13H,6-7,9,12H2,1H3,(H,21,23). The summed E-state index contributed by atoms with van der Waals surface area (Å²) in [4.78, 5) is 12.2. The van der Waals surface area contributed by atoms with Gasteiger partial charge in [-0.25, -0.2) is 0 Å². The predicted octanol–water partition coefficient (Wildman–Crippen LogP) is 3.32. The Balaban J connectivity index is 1.33. The average molecular weight is 368 g/mol. The van der Waals surface area contributed by atoms with Crippen LogP contribution in [0.1, 0.15) is 40.4 Å². The number of rotatable bonds is 7. The van der Waals surface area contributed by atoms with E-state index < -0.39 is 0 Å². The van der Waals surface area contributed by atoms with Gasteiger partial charge in [-0.1, -0.05) is 18.1 Å². The third-order valence-electron chi connectivity index (χ3n) is 4.47. The molecule has 0 radical (unpaired) electrons. The van der Waals surface area contributed by atoms with E-state index in [0.29, 0.717) is 13.0 Å². The van der Waals surface area contributed by atoms with E-state index in [1.165, 1.54) is 0 Å². The summed E-state index contributed by atoms with van der Waals surface area (Å²) in [5, 5.41) is 6.86. The fourth-order valence-corrected chi connectivity index (χ4v) is 3.00. The molecule has 1 N–H and O–H groups in total. The van der Waals surface area contributed by atoms with Gasteiger partial charge in [-0.15, -0.1) is 0 Å². The summed E-state index contributed by atoms with van der Waals surface area (Å²) < 4.78 is 21.2. The zero-order chi connectivity index (χ0) is 18.6. The SMILES string of the molecule is CC(Cc1ccc2c(c1)OCO2)c1cc(C(=O)NCCc2ccco2)on1. The Kier molecular flexibility index (Phi) is 4.82. The van der Waals surface area contributed by atoms with Crippen molar-refractivity contribution in [3.05, 3.63) is 65.4 Å². The van der Waals surface area contributed by atoms with E-state index in [4.69, 9.17) is 18.4 Å². The number of nitrogens with one attached hydrogen (secondary N) is 1. The fourth-order valence-electron chi connectivity index (χ4n) is 3.00. The van der Waals surface area contributed by atoms with Crippen LogP contribution in [-0.2, 0) is 12.8 Å². The van der Waals surface area contributed by atoms with Crippen LogP contribution in [0.2, 0.25) is 0 Å². The second-order valence-corrected chi connectivity index (χ2v) is 6.49. The number of carbonyl (C=O) groups excluding carboxylic acids is 1. The average Bonchev–Trinajstić information content (AvgIpc) is 3.42. The molecule has 1 aliphatic heterocycles. The lowest BCUT2D eigenvalue weighted by Crippen LogP contribution is -2.25. The van der Waals surface area contributed by atoms with Crippen molar-refractivity contribution >= 4 is 5.91 Å². The quantitative estimate of drug-likeness (QED) is 0.688. The van der Waals surface area contributed by atoms with Gasteiger partial charge >= 0.3 is 0 Å².